The maximum Gasteiger partial charge on any atom is 0 e. The van der Waals surface area contributed by atoms with Gasteiger partial charge in [-0.15, -0.1) is 0 Å². The number of hydrogen-bond donors (Lipinski definition) is 0. The Labute approximate surface area is 139 Å². The van der Waals surface area contributed by atoms with Crippen LogP contribution in [-0.4, -0.2) is 18.6 Å². The van der Waals surface area contributed by atoms with Crippen molar-refractivity contribution in [3.8, 4) is 0 Å². The van der Waals surface area contributed by atoms with Gasteiger partial charge in [0.25, 0.3) is 0 Å². The van der Waals surface area contributed by atoms with Crippen LogP contribution in [0.2, 0.25) is 4.94 Å². The second-order valence-electron chi connectivity index (χ2n) is 1.90. The van der Waals surface area contributed by atoms with Crippen LogP contribution in [0, 0.1) is 33.3 Å². The van der Waals surface area contributed by atoms with Crippen molar-refractivity contribution in [2.24, 2.45) is 0 Å². The Morgan fingerprint density at radius 3 is 1.15 bits per heavy atom. The molecule has 2 radical (unpaired) electrons. The molecule has 0 N–H and O–H groups in total. The Morgan fingerprint density at radius 1 is 0.750 bits per heavy atom. The zero-order chi connectivity index (χ0) is 16.7. The second kappa shape index (κ2) is 51.4. The molecule has 0 heterocycles. The molecular weight excluding hydrogens is 433 g/mol. The molecule has 20 heavy (non-hydrogen) atoms. The Hall–Kier alpha value is -0.472. The first-order valence-corrected chi connectivity index (χ1v) is 11.8. The topological polar surface area (TPSA) is 99.5 Å². The van der Waals surface area contributed by atoms with Crippen molar-refractivity contribution in [2.45, 2.75) is 4.94 Å². The Balaban J connectivity index is -0.0000000384. The van der Waals surface area contributed by atoms with E-state index in [2.05, 4.69) is 50.3 Å². The molecule has 8 heteroatoms. The van der Waals surface area contributed by atoms with E-state index in [1.54, 1.807) is 0 Å². The van der Waals surface area contributed by atoms with Crippen LogP contribution in [0.3, 0.4) is 0 Å². The molecule has 0 aliphatic heterocycles. The Bertz CT molecular complexity index is 325. The third kappa shape index (κ3) is 36.0. The standard InChI is InChI=1S/C6H5.5CO.CH3.ClH.Mn.Sn/c1-2-4-6-5-3-1;5*1-2;;;;/h1-5H;;;;;;1H3;1H;;/q;;;;;;;;;+1/p-1. The fourth-order valence-corrected chi connectivity index (χ4v) is 3.37. The minimum absolute atomic E-state index is 0. The van der Waals surface area contributed by atoms with Crippen molar-refractivity contribution in [2.75, 3.05) is 0 Å². The van der Waals surface area contributed by atoms with Crippen LogP contribution in [-0.2, 0) is 40.3 Å². The fourth-order valence-electron chi connectivity index (χ4n) is 0.668. The van der Waals surface area contributed by atoms with E-state index in [0.29, 0.717) is 0 Å². The first-order valence-electron chi connectivity index (χ1n) is 3.87. The molecule has 0 aliphatic carbocycles. The molecule has 5 nitrogen and oxygen atoms in total. The van der Waals surface area contributed by atoms with Crippen LogP contribution in [0.25, 0.3) is 0 Å². The zero-order valence-corrected chi connectivity index (χ0v) is 15.0. The zero-order valence-electron chi connectivity index (χ0n) is 10.2. The van der Waals surface area contributed by atoms with Gasteiger partial charge in [0, 0.05) is 17.1 Å². The molecule has 0 amide bonds. The summed E-state index contributed by atoms with van der Waals surface area (Å²) in [7, 11) is 6.00. The quantitative estimate of drug-likeness (QED) is 0.359. The van der Waals surface area contributed by atoms with E-state index in [1.165, 1.54) is 3.58 Å². The van der Waals surface area contributed by atoms with Gasteiger partial charge in [-0.3, -0.25) is 0 Å². The smallest absolute Gasteiger partial charge is 0 e. The molecule has 0 saturated heterocycles. The first kappa shape index (κ1) is 36.6. The van der Waals surface area contributed by atoms with Crippen molar-refractivity contribution < 1.29 is 40.3 Å². The van der Waals surface area contributed by atoms with E-state index in [4.69, 9.17) is 32.2 Å². The third-order valence-electron chi connectivity index (χ3n) is 1.17. The van der Waals surface area contributed by atoms with Crippen LogP contribution >= 0.6 is 8.92 Å². The van der Waals surface area contributed by atoms with E-state index in [9.17, 15) is 0 Å². The van der Waals surface area contributed by atoms with Crippen molar-refractivity contribution >= 4 is 31.1 Å². The minimum atomic E-state index is -1.55. The van der Waals surface area contributed by atoms with Gasteiger partial charge in [0.05, 0.1) is 0 Å². The summed E-state index contributed by atoms with van der Waals surface area (Å²) in [6.07, 6.45) is 0. The summed E-state index contributed by atoms with van der Waals surface area (Å²) in [6, 6.07) is 10.3. The van der Waals surface area contributed by atoms with Crippen molar-refractivity contribution in [1.82, 2.24) is 0 Å². The molecule has 104 valence electrons. The predicted octanol–water partition coefficient (Wildman–Crippen LogP) is 1.56. The SMILES string of the molecule is [C-]#[O+].[C-]#[O+].[C-]#[O+].[C-]#[O+].[C-]#[O+].[CH3][Sn]([Cl])[c]1ccccc1.[Mn]. The van der Waals surface area contributed by atoms with E-state index in [0.717, 1.165) is 0 Å². The second-order valence-corrected chi connectivity index (χ2v) is 10.4. The van der Waals surface area contributed by atoms with Gasteiger partial charge in [-0.25, -0.2) is 0 Å². The molecule has 0 aromatic heterocycles. The molecule has 1 rings (SSSR count). The molecule has 1 aromatic carbocycles. The van der Waals surface area contributed by atoms with Crippen LogP contribution in [0.1, 0.15) is 0 Å². The summed E-state index contributed by atoms with van der Waals surface area (Å²) in [5, 5.41) is 0. The monoisotopic (exact) mass is 442 g/mol. The summed E-state index contributed by atoms with van der Waals surface area (Å²) < 4.78 is 38.9. The number of rotatable bonds is 1. The first-order chi connectivity index (χ1) is 9.30. The summed E-state index contributed by atoms with van der Waals surface area (Å²) in [5.74, 6) is 0. The van der Waals surface area contributed by atoms with Gasteiger partial charge in [0.1, 0.15) is 0 Å². The van der Waals surface area contributed by atoms with Crippen LogP contribution in [0.5, 0.6) is 0 Å². The van der Waals surface area contributed by atoms with Gasteiger partial charge >= 0.3 is 123 Å². The summed E-state index contributed by atoms with van der Waals surface area (Å²) in [4.78, 5) is 2.17. The van der Waals surface area contributed by atoms with Gasteiger partial charge in [-0.1, -0.05) is 0 Å². The summed E-state index contributed by atoms with van der Waals surface area (Å²) in [6.45, 7) is 22.5. The van der Waals surface area contributed by atoms with Gasteiger partial charge < -0.3 is 0 Å². The van der Waals surface area contributed by atoms with E-state index < -0.39 is 18.6 Å². The summed E-state index contributed by atoms with van der Waals surface area (Å²) >= 11 is -1.55. The Kier molecular flexibility index (Phi) is 94.1. The number of hydrogen-bond acceptors (Lipinski definition) is 0. The largest absolute Gasteiger partial charge is 0 e. The molecule has 0 unspecified atom stereocenters. The van der Waals surface area contributed by atoms with Crippen molar-refractivity contribution in [3.05, 3.63) is 63.6 Å². The average molecular weight is 441 g/mol. The molecule has 0 fully saturated rings. The number of halogens is 1. The normalized spacial score (nSPS) is 5.05. The van der Waals surface area contributed by atoms with Crippen LogP contribution < -0.4 is 3.58 Å². The average Bonchev–Trinajstić information content (AvgIpc) is 2.57. The van der Waals surface area contributed by atoms with Crippen LogP contribution in [0.15, 0.2) is 30.3 Å². The molecule has 0 atom stereocenters. The van der Waals surface area contributed by atoms with Crippen molar-refractivity contribution in [3.63, 3.8) is 0 Å². The van der Waals surface area contributed by atoms with Gasteiger partial charge in [-0.05, 0) is 0 Å². The fraction of sp³-hybridized carbons (Fsp3) is 0.0833. The predicted molar refractivity (Wildman–Crippen MR) is 63.2 cm³/mol. The maximum absolute atomic E-state index is 7.50. The van der Waals surface area contributed by atoms with Gasteiger partial charge in [0.2, 0.25) is 0 Å². The maximum atomic E-state index is 7.50. The molecular formula is C12H8ClMnO5Sn. The van der Waals surface area contributed by atoms with E-state index in [-0.39, 0.29) is 17.1 Å². The van der Waals surface area contributed by atoms with E-state index in [1.807, 2.05) is 18.2 Å². The van der Waals surface area contributed by atoms with E-state index >= 15 is 0 Å². The molecule has 0 saturated carbocycles. The molecule has 0 spiro atoms. The van der Waals surface area contributed by atoms with Gasteiger partial charge in [0.15, 0.2) is 0 Å². The third-order valence-corrected chi connectivity index (χ3v) is 5.86. The molecule has 1 aromatic rings. The molecule has 0 aliphatic rings. The van der Waals surface area contributed by atoms with Gasteiger partial charge in [-0.2, -0.15) is 0 Å². The summed E-state index contributed by atoms with van der Waals surface area (Å²) in [5.41, 5.74) is 0. The van der Waals surface area contributed by atoms with Crippen molar-refractivity contribution in [1.29, 1.82) is 0 Å². The van der Waals surface area contributed by atoms with Crippen LogP contribution in [0.4, 0.5) is 0 Å². The number of benzene rings is 1. The molecule has 0 bridgehead atoms. The Morgan fingerprint density at radius 2 is 1.00 bits per heavy atom. The minimum Gasteiger partial charge on any atom is 0 e.